The molecule has 0 N–H and O–H groups in total. The molecule has 2 aromatic carbocycles. The van der Waals surface area contributed by atoms with Crippen molar-refractivity contribution in [2.45, 2.75) is 25.0 Å². The predicted molar refractivity (Wildman–Crippen MR) is 126 cm³/mol. The normalized spacial score (nSPS) is 22.4. The highest BCUT2D eigenvalue weighted by molar-refractivity contribution is 9.09. The smallest absolute Gasteiger partial charge is 0.164 e. The van der Waals surface area contributed by atoms with Gasteiger partial charge in [-0.3, -0.25) is 0 Å². The zero-order chi connectivity index (χ0) is 23.4. The van der Waals surface area contributed by atoms with Crippen molar-refractivity contribution in [2.75, 3.05) is 48.0 Å². The van der Waals surface area contributed by atoms with Crippen LogP contribution in [0, 0.1) is 5.92 Å². The molecule has 0 aromatic heterocycles. The highest BCUT2D eigenvalue weighted by Gasteiger charge is 2.45. The van der Waals surface area contributed by atoms with Crippen LogP contribution in [0.2, 0.25) is 0 Å². The molecular weight excluding hydrogens is 480 g/mol. The van der Waals surface area contributed by atoms with E-state index in [1.807, 2.05) is 24.3 Å². The zero-order valence-corrected chi connectivity index (χ0v) is 21.1. The molecule has 0 spiro atoms. The van der Waals surface area contributed by atoms with Crippen LogP contribution in [0.15, 0.2) is 24.3 Å². The second-order valence-corrected chi connectivity index (χ2v) is 8.18. The molecule has 4 atom stereocenters. The van der Waals surface area contributed by atoms with Crippen LogP contribution in [0.25, 0.3) is 0 Å². The average molecular weight is 511 g/mol. The molecule has 1 heterocycles. The second-order valence-electron chi connectivity index (χ2n) is 7.53. The van der Waals surface area contributed by atoms with E-state index in [9.17, 15) is 0 Å². The van der Waals surface area contributed by atoms with E-state index >= 15 is 0 Å². The summed E-state index contributed by atoms with van der Waals surface area (Å²) >= 11 is 3.64. The Balaban J connectivity index is 2.10. The molecule has 176 valence electrons. The number of alkyl halides is 1. The average Bonchev–Trinajstić information content (AvgIpc) is 3.17. The third kappa shape index (κ3) is 4.30. The summed E-state index contributed by atoms with van der Waals surface area (Å²) < 4.78 is 40.0. The van der Waals surface area contributed by atoms with Crippen molar-refractivity contribution in [1.29, 1.82) is 0 Å². The van der Waals surface area contributed by atoms with E-state index in [2.05, 4.69) is 22.9 Å². The van der Waals surface area contributed by atoms with E-state index in [4.69, 9.17) is 33.2 Å². The molecule has 0 aliphatic carbocycles. The molecule has 2 aromatic rings. The number of hydrogen-bond donors (Lipinski definition) is 0. The van der Waals surface area contributed by atoms with Gasteiger partial charge in [-0.25, -0.2) is 0 Å². The van der Waals surface area contributed by atoms with Gasteiger partial charge in [0.25, 0.3) is 0 Å². The summed E-state index contributed by atoms with van der Waals surface area (Å²) in [4.78, 5) is 0. The molecule has 1 aliphatic heterocycles. The molecule has 0 radical (unpaired) electrons. The summed E-state index contributed by atoms with van der Waals surface area (Å²) in [5.41, 5.74) is 1.91. The largest absolute Gasteiger partial charge is 0.496 e. The summed E-state index contributed by atoms with van der Waals surface area (Å²) in [5, 5.41) is 0.658. The molecule has 3 rings (SSSR count). The Morgan fingerprint density at radius 3 is 1.50 bits per heavy atom. The SMILES string of the molecule is COc1cc(OC)c([C@@H]2[C@@H](C)[C@H](c3cc(OC)c(OC)cc3OC)O[C@H]2CBr)cc1OC. The maximum atomic E-state index is 6.57. The fourth-order valence-electron chi connectivity index (χ4n) is 4.48. The van der Waals surface area contributed by atoms with Crippen molar-refractivity contribution < 1.29 is 33.2 Å². The minimum Gasteiger partial charge on any atom is -0.496 e. The van der Waals surface area contributed by atoms with Crippen molar-refractivity contribution in [1.82, 2.24) is 0 Å². The van der Waals surface area contributed by atoms with Crippen LogP contribution in [0.4, 0.5) is 0 Å². The van der Waals surface area contributed by atoms with Crippen LogP contribution in [0.3, 0.4) is 0 Å². The van der Waals surface area contributed by atoms with E-state index < -0.39 is 0 Å². The topological polar surface area (TPSA) is 64.6 Å². The molecule has 0 saturated carbocycles. The number of benzene rings is 2. The van der Waals surface area contributed by atoms with Gasteiger partial charge in [-0.1, -0.05) is 22.9 Å². The third-order valence-electron chi connectivity index (χ3n) is 6.06. The minimum absolute atomic E-state index is 0.0342. The number of rotatable bonds is 9. The quantitative estimate of drug-likeness (QED) is 0.440. The highest BCUT2D eigenvalue weighted by atomic mass is 79.9. The Morgan fingerprint density at radius 1 is 0.656 bits per heavy atom. The first-order chi connectivity index (χ1) is 15.5. The predicted octanol–water partition coefficient (Wildman–Crippen LogP) is 4.99. The van der Waals surface area contributed by atoms with Gasteiger partial charge in [0, 0.05) is 34.5 Å². The molecule has 1 saturated heterocycles. The maximum absolute atomic E-state index is 6.57. The molecule has 8 heteroatoms. The molecule has 0 unspecified atom stereocenters. The van der Waals surface area contributed by atoms with Gasteiger partial charge in [-0.15, -0.1) is 0 Å². The lowest BCUT2D eigenvalue weighted by Gasteiger charge is -2.25. The van der Waals surface area contributed by atoms with Crippen LogP contribution >= 0.6 is 15.9 Å². The molecule has 0 amide bonds. The molecular formula is C24H31BrO7. The molecule has 0 bridgehead atoms. The van der Waals surface area contributed by atoms with Gasteiger partial charge in [-0.05, 0) is 18.1 Å². The Kier molecular flexibility index (Phi) is 8.00. The Hall–Kier alpha value is -2.32. The minimum atomic E-state index is -0.227. The first-order valence-corrected chi connectivity index (χ1v) is 11.4. The fraction of sp³-hybridized carbons (Fsp3) is 0.500. The number of hydrogen-bond acceptors (Lipinski definition) is 7. The van der Waals surface area contributed by atoms with Gasteiger partial charge in [0.15, 0.2) is 23.0 Å². The second kappa shape index (κ2) is 10.5. The highest BCUT2D eigenvalue weighted by Crippen LogP contribution is 2.54. The van der Waals surface area contributed by atoms with E-state index in [1.54, 1.807) is 42.7 Å². The first-order valence-electron chi connectivity index (χ1n) is 10.3. The van der Waals surface area contributed by atoms with E-state index in [0.29, 0.717) is 34.1 Å². The van der Waals surface area contributed by atoms with Crippen molar-refractivity contribution in [2.24, 2.45) is 5.92 Å². The summed E-state index contributed by atoms with van der Waals surface area (Å²) in [7, 11) is 9.75. The summed E-state index contributed by atoms with van der Waals surface area (Å²) in [6.07, 6.45) is -0.324. The third-order valence-corrected chi connectivity index (χ3v) is 6.69. The molecule has 7 nitrogen and oxygen atoms in total. The van der Waals surface area contributed by atoms with Crippen LogP contribution in [-0.2, 0) is 4.74 Å². The molecule has 1 aliphatic rings. The van der Waals surface area contributed by atoms with Crippen LogP contribution in [-0.4, -0.2) is 54.1 Å². The van der Waals surface area contributed by atoms with E-state index in [0.717, 1.165) is 16.9 Å². The van der Waals surface area contributed by atoms with Gasteiger partial charge in [0.1, 0.15) is 11.5 Å². The van der Waals surface area contributed by atoms with Gasteiger partial charge in [0.05, 0.1) is 54.9 Å². The summed E-state index contributed by atoms with van der Waals surface area (Å²) in [6, 6.07) is 7.60. The van der Waals surface area contributed by atoms with Crippen LogP contribution in [0.5, 0.6) is 34.5 Å². The number of halogens is 1. The van der Waals surface area contributed by atoms with Crippen molar-refractivity contribution >= 4 is 15.9 Å². The van der Waals surface area contributed by atoms with E-state index in [-0.39, 0.29) is 24.0 Å². The Morgan fingerprint density at radius 2 is 1.06 bits per heavy atom. The van der Waals surface area contributed by atoms with Gasteiger partial charge in [-0.2, -0.15) is 0 Å². The Labute approximate surface area is 198 Å². The standard InChI is InChI=1S/C24H31BrO7/c1-13-23(14-8-18(28-4)20(30-6)10-16(14)26-2)22(12-25)32-24(13)15-9-19(29-5)21(31-7)11-17(15)27-3/h8-11,13,22-24H,12H2,1-7H3/t13-,22+,23+,24-/m1/s1. The zero-order valence-electron chi connectivity index (χ0n) is 19.6. The lowest BCUT2D eigenvalue weighted by Crippen LogP contribution is -2.19. The van der Waals surface area contributed by atoms with Crippen molar-refractivity contribution in [3.8, 4) is 34.5 Å². The van der Waals surface area contributed by atoms with Gasteiger partial charge >= 0.3 is 0 Å². The fourth-order valence-corrected chi connectivity index (χ4v) is 5.04. The number of methoxy groups -OCH3 is 6. The van der Waals surface area contributed by atoms with Crippen LogP contribution < -0.4 is 28.4 Å². The first kappa shape index (κ1) is 24.3. The lowest BCUT2D eigenvalue weighted by atomic mass is 9.81. The maximum Gasteiger partial charge on any atom is 0.164 e. The molecule has 32 heavy (non-hydrogen) atoms. The lowest BCUT2D eigenvalue weighted by molar-refractivity contribution is 0.0445. The Bertz CT molecular complexity index is 933. The number of ether oxygens (including phenoxy) is 7. The van der Waals surface area contributed by atoms with Crippen molar-refractivity contribution in [3.63, 3.8) is 0 Å². The summed E-state index contributed by atoms with van der Waals surface area (Å²) in [6.45, 7) is 2.17. The van der Waals surface area contributed by atoms with Gasteiger partial charge < -0.3 is 33.2 Å². The van der Waals surface area contributed by atoms with Gasteiger partial charge in [0.2, 0.25) is 0 Å². The monoisotopic (exact) mass is 510 g/mol. The summed E-state index contributed by atoms with van der Waals surface area (Å²) in [5.74, 6) is 4.05. The van der Waals surface area contributed by atoms with Crippen LogP contribution in [0.1, 0.15) is 30.1 Å². The van der Waals surface area contributed by atoms with Crippen molar-refractivity contribution in [3.05, 3.63) is 35.4 Å². The van der Waals surface area contributed by atoms with E-state index in [1.165, 1.54) is 0 Å². The molecule has 1 fully saturated rings.